The summed E-state index contributed by atoms with van der Waals surface area (Å²) in [6, 6.07) is 8.63. The number of para-hydroxylation sites is 1. The summed E-state index contributed by atoms with van der Waals surface area (Å²) in [4.78, 5) is 34.9. The van der Waals surface area contributed by atoms with Gasteiger partial charge in [-0.3, -0.25) is 9.59 Å². The molecule has 21 heavy (non-hydrogen) atoms. The highest BCUT2D eigenvalue weighted by atomic mass is 16.4. The fraction of sp³-hybridized carbons (Fsp3) is 0.357. The smallest absolute Gasteiger partial charge is 0.317 e. The predicted molar refractivity (Wildman–Crippen MR) is 78.0 cm³/mol. The molecule has 7 heteroatoms. The summed E-state index contributed by atoms with van der Waals surface area (Å²) >= 11 is 0. The van der Waals surface area contributed by atoms with E-state index in [1.807, 2.05) is 18.2 Å². The largest absolute Gasteiger partial charge is 0.481 e. The molecule has 0 heterocycles. The van der Waals surface area contributed by atoms with Gasteiger partial charge < -0.3 is 20.6 Å². The number of carboxylic acid groups (broad SMARTS) is 1. The summed E-state index contributed by atoms with van der Waals surface area (Å²) in [6.07, 6.45) is 0.0335. The second kappa shape index (κ2) is 8.57. The lowest BCUT2D eigenvalue weighted by molar-refractivity contribution is -0.137. The number of benzene rings is 1. The first-order valence-electron chi connectivity index (χ1n) is 6.54. The van der Waals surface area contributed by atoms with Gasteiger partial charge in [0.15, 0.2) is 0 Å². The summed E-state index contributed by atoms with van der Waals surface area (Å²) in [5, 5.41) is 13.8. The van der Waals surface area contributed by atoms with Crippen LogP contribution >= 0.6 is 0 Å². The number of hydrogen-bond donors (Lipinski definition) is 3. The molecule has 0 aliphatic rings. The molecule has 1 rings (SSSR count). The Labute approximate surface area is 122 Å². The molecular weight excluding hydrogens is 274 g/mol. The minimum absolute atomic E-state index is 0.113. The number of aliphatic carboxylic acids is 1. The van der Waals surface area contributed by atoms with Gasteiger partial charge in [-0.15, -0.1) is 0 Å². The lowest BCUT2D eigenvalue weighted by atomic mass is 10.3. The van der Waals surface area contributed by atoms with Crippen LogP contribution in [0.4, 0.5) is 10.5 Å². The van der Waals surface area contributed by atoms with Gasteiger partial charge in [0, 0.05) is 32.2 Å². The van der Waals surface area contributed by atoms with Gasteiger partial charge in [-0.1, -0.05) is 18.2 Å². The average molecular weight is 293 g/mol. The Morgan fingerprint density at radius 3 is 2.43 bits per heavy atom. The first-order chi connectivity index (χ1) is 9.99. The van der Waals surface area contributed by atoms with Crippen molar-refractivity contribution in [3.05, 3.63) is 30.3 Å². The van der Waals surface area contributed by atoms with E-state index in [4.69, 9.17) is 5.11 Å². The topological polar surface area (TPSA) is 98.7 Å². The van der Waals surface area contributed by atoms with Gasteiger partial charge in [0.2, 0.25) is 5.91 Å². The van der Waals surface area contributed by atoms with Crippen LogP contribution in [-0.2, 0) is 9.59 Å². The maximum atomic E-state index is 11.6. The lowest BCUT2D eigenvalue weighted by Crippen LogP contribution is -2.39. The third-order valence-electron chi connectivity index (χ3n) is 2.69. The maximum absolute atomic E-state index is 11.6. The molecule has 0 bridgehead atoms. The Morgan fingerprint density at radius 2 is 1.81 bits per heavy atom. The average Bonchev–Trinajstić information content (AvgIpc) is 2.45. The van der Waals surface area contributed by atoms with E-state index in [-0.39, 0.29) is 31.8 Å². The number of hydrogen-bond acceptors (Lipinski definition) is 3. The number of amides is 3. The summed E-state index contributed by atoms with van der Waals surface area (Å²) in [5.74, 6) is -1.16. The number of nitrogens with one attached hydrogen (secondary N) is 2. The molecule has 1 aromatic carbocycles. The maximum Gasteiger partial charge on any atom is 0.317 e. The van der Waals surface area contributed by atoms with Gasteiger partial charge >= 0.3 is 12.0 Å². The number of carbonyl (C=O) groups is 3. The van der Waals surface area contributed by atoms with Crippen molar-refractivity contribution < 1.29 is 19.5 Å². The molecule has 0 atom stereocenters. The van der Waals surface area contributed by atoms with Gasteiger partial charge in [-0.05, 0) is 12.1 Å². The number of nitrogens with zero attached hydrogens (tertiary/aromatic N) is 1. The third kappa shape index (κ3) is 6.95. The van der Waals surface area contributed by atoms with E-state index in [0.29, 0.717) is 5.69 Å². The van der Waals surface area contributed by atoms with Crippen molar-refractivity contribution in [2.24, 2.45) is 0 Å². The summed E-state index contributed by atoms with van der Waals surface area (Å²) < 4.78 is 0. The van der Waals surface area contributed by atoms with Crippen LogP contribution in [0, 0.1) is 0 Å². The first-order valence-corrected chi connectivity index (χ1v) is 6.54. The van der Waals surface area contributed by atoms with Crippen LogP contribution in [0.1, 0.15) is 12.8 Å². The van der Waals surface area contributed by atoms with E-state index in [0.717, 1.165) is 0 Å². The Kier molecular flexibility index (Phi) is 6.73. The zero-order valence-corrected chi connectivity index (χ0v) is 11.8. The quantitative estimate of drug-likeness (QED) is 0.701. The van der Waals surface area contributed by atoms with Crippen LogP contribution in [0.2, 0.25) is 0 Å². The second-order valence-electron chi connectivity index (χ2n) is 4.46. The van der Waals surface area contributed by atoms with E-state index >= 15 is 0 Å². The molecular formula is C14H19N3O4. The SMILES string of the molecule is CN(CCC(=O)O)C(=O)NCCC(=O)Nc1ccccc1. The third-order valence-corrected chi connectivity index (χ3v) is 2.69. The first kappa shape index (κ1) is 16.5. The number of rotatable bonds is 7. The zero-order valence-electron chi connectivity index (χ0n) is 11.8. The molecule has 0 aliphatic heterocycles. The van der Waals surface area contributed by atoms with Crippen molar-refractivity contribution in [3.8, 4) is 0 Å². The molecule has 7 nitrogen and oxygen atoms in total. The van der Waals surface area contributed by atoms with E-state index in [1.54, 1.807) is 12.1 Å². The number of carbonyl (C=O) groups excluding carboxylic acids is 2. The van der Waals surface area contributed by atoms with Gasteiger partial charge in [0.25, 0.3) is 0 Å². The highest BCUT2D eigenvalue weighted by molar-refractivity contribution is 5.91. The van der Waals surface area contributed by atoms with Crippen molar-refractivity contribution in [1.29, 1.82) is 0 Å². The Bertz CT molecular complexity index is 490. The van der Waals surface area contributed by atoms with Crippen molar-refractivity contribution in [3.63, 3.8) is 0 Å². The monoisotopic (exact) mass is 293 g/mol. The van der Waals surface area contributed by atoms with Crippen LogP contribution < -0.4 is 10.6 Å². The van der Waals surface area contributed by atoms with Crippen LogP contribution in [0.25, 0.3) is 0 Å². The molecule has 3 N–H and O–H groups in total. The molecule has 0 aliphatic carbocycles. The molecule has 1 aromatic rings. The molecule has 0 saturated carbocycles. The fourth-order valence-electron chi connectivity index (χ4n) is 1.53. The number of urea groups is 1. The normalized spacial score (nSPS) is 9.76. The standard InChI is InChI=1S/C14H19N3O4/c1-17(10-8-13(19)20)14(21)15-9-7-12(18)16-11-5-3-2-4-6-11/h2-6H,7-10H2,1H3,(H,15,21)(H,16,18)(H,19,20). The number of anilines is 1. The van der Waals surface area contributed by atoms with Gasteiger partial charge in [-0.2, -0.15) is 0 Å². The highest BCUT2D eigenvalue weighted by Gasteiger charge is 2.10. The van der Waals surface area contributed by atoms with Crippen molar-refractivity contribution >= 4 is 23.6 Å². The molecule has 0 saturated heterocycles. The highest BCUT2D eigenvalue weighted by Crippen LogP contribution is 2.04. The van der Waals surface area contributed by atoms with Crippen molar-refractivity contribution in [2.45, 2.75) is 12.8 Å². The predicted octanol–water partition coefficient (Wildman–Crippen LogP) is 1.13. The molecule has 114 valence electrons. The van der Waals surface area contributed by atoms with Gasteiger partial charge in [0.05, 0.1) is 6.42 Å². The second-order valence-corrected chi connectivity index (χ2v) is 4.46. The minimum Gasteiger partial charge on any atom is -0.481 e. The Hall–Kier alpha value is -2.57. The van der Waals surface area contributed by atoms with Crippen LogP contribution in [0.5, 0.6) is 0 Å². The molecule has 0 fully saturated rings. The van der Waals surface area contributed by atoms with Crippen LogP contribution in [0.3, 0.4) is 0 Å². The number of carboxylic acids is 1. The summed E-state index contributed by atoms with van der Waals surface area (Å²) in [7, 11) is 1.50. The fourth-order valence-corrected chi connectivity index (χ4v) is 1.53. The van der Waals surface area contributed by atoms with Crippen LogP contribution in [0.15, 0.2) is 30.3 Å². The zero-order chi connectivity index (χ0) is 15.7. The van der Waals surface area contributed by atoms with Crippen molar-refractivity contribution in [2.75, 3.05) is 25.5 Å². The van der Waals surface area contributed by atoms with Gasteiger partial charge in [-0.25, -0.2) is 4.79 Å². The molecule has 0 aromatic heterocycles. The Morgan fingerprint density at radius 1 is 1.14 bits per heavy atom. The van der Waals surface area contributed by atoms with E-state index in [9.17, 15) is 14.4 Å². The molecule has 0 radical (unpaired) electrons. The molecule has 0 unspecified atom stereocenters. The van der Waals surface area contributed by atoms with E-state index < -0.39 is 12.0 Å². The summed E-state index contributed by atoms with van der Waals surface area (Å²) in [5.41, 5.74) is 0.701. The molecule has 0 spiro atoms. The van der Waals surface area contributed by atoms with Gasteiger partial charge in [0.1, 0.15) is 0 Å². The Balaban J connectivity index is 2.22. The van der Waals surface area contributed by atoms with Crippen LogP contribution in [-0.4, -0.2) is 48.1 Å². The molecule has 3 amide bonds. The minimum atomic E-state index is -0.961. The summed E-state index contributed by atoms with van der Waals surface area (Å²) in [6.45, 7) is 0.312. The van der Waals surface area contributed by atoms with E-state index in [2.05, 4.69) is 10.6 Å². The van der Waals surface area contributed by atoms with Crippen molar-refractivity contribution in [1.82, 2.24) is 10.2 Å². The van der Waals surface area contributed by atoms with E-state index in [1.165, 1.54) is 11.9 Å². The lowest BCUT2D eigenvalue weighted by Gasteiger charge is -2.16.